The largest absolute Gasteiger partial charge is 0.495 e. The first kappa shape index (κ1) is 24.2. The van der Waals surface area contributed by atoms with Crippen molar-refractivity contribution in [1.82, 2.24) is 19.5 Å². The molecule has 2 aromatic heterocycles. The van der Waals surface area contributed by atoms with E-state index in [4.69, 9.17) is 14.2 Å². The normalized spacial score (nSPS) is 11.8. The Morgan fingerprint density at radius 3 is 2.48 bits per heavy atom. The maximum atomic E-state index is 13.1. The summed E-state index contributed by atoms with van der Waals surface area (Å²) in [5.41, 5.74) is 0.407. The molecular weight excluding hydrogens is 448 g/mol. The van der Waals surface area contributed by atoms with Gasteiger partial charge in [-0.3, -0.25) is 9.48 Å². The molecule has 10 nitrogen and oxygen atoms in total. The van der Waals surface area contributed by atoms with Crippen LogP contribution < -0.4 is 14.2 Å². The van der Waals surface area contributed by atoms with E-state index in [1.165, 1.54) is 39.5 Å². The Labute approximate surface area is 192 Å². The third-order valence-electron chi connectivity index (χ3n) is 5.14. The van der Waals surface area contributed by atoms with Gasteiger partial charge in [0.05, 0.1) is 26.4 Å². The van der Waals surface area contributed by atoms with Gasteiger partial charge in [-0.25, -0.2) is 18.1 Å². The molecule has 0 aliphatic rings. The summed E-state index contributed by atoms with van der Waals surface area (Å²) in [6.07, 6.45) is 3.42. The number of carbonyl (C=O) groups excluding carboxylic acids is 1. The molecule has 1 aromatic carbocycles. The van der Waals surface area contributed by atoms with Crippen LogP contribution in [-0.4, -0.2) is 50.4 Å². The minimum absolute atomic E-state index is 0.0889. The first-order chi connectivity index (χ1) is 15.6. The summed E-state index contributed by atoms with van der Waals surface area (Å²) in [4.78, 5) is 16.8. The zero-order chi connectivity index (χ0) is 24.2. The van der Waals surface area contributed by atoms with Crippen molar-refractivity contribution in [3.8, 4) is 11.6 Å². The second-order valence-corrected chi connectivity index (χ2v) is 9.23. The molecule has 2 heterocycles. The van der Waals surface area contributed by atoms with Gasteiger partial charge >= 0.3 is 0 Å². The maximum absolute atomic E-state index is 13.1. The third-order valence-corrected chi connectivity index (χ3v) is 6.49. The number of ether oxygens (including phenoxy) is 3. The van der Waals surface area contributed by atoms with Crippen LogP contribution in [0.5, 0.6) is 11.6 Å². The molecular formula is C22H26N4O6S. The first-order valence-corrected chi connectivity index (χ1v) is 11.4. The fraction of sp³-hybridized carbons (Fsp3) is 0.318. The summed E-state index contributed by atoms with van der Waals surface area (Å²) in [7, 11) is 0.00311. The highest BCUT2D eigenvalue weighted by molar-refractivity contribution is 7.90. The number of pyridine rings is 1. The van der Waals surface area contributed by atoms with Gasteiger partial charge in [0.25, 0.3) is 15.9 Å². The van der Waals surface area contributed by atoms with E-state index in [1.54, 1.807) is 49.1 Å². The highest BCUT2D eigenvalue weighted by atomic mass is 32.2. The van der Waals surface area contributed by atoms with Gasteiger partial charge in [0.15, 0.2) is 0 Å². The Morgan fingerprint density at radius 1 is 1.12 bits per heavy atom. The van der Waals surface area contributed by atoms with Crippen molar-refractivity contribution in [2.75, 3.05) is 21.3 Å². The number of methoxy groups -OCH3 is 3. The summed E-state index contributed by atoms with van der Waals surface area (Å²) in [5, 5.41) is 4.13. The minimum Gasteiger partial charge on any atom is -0.495 e. The van der Waals surface area contributed by atoms with E-state index in [0.29, 0.717) is 17.7 Å². The van der Waals surface area contributed by atoms with E-state index in [-0.39, 0.29) is 22.2 Å². The molecule has 0 saturated carbocycles. The number of rotatable bonds is 9. The molecule has 1 amide bonds. The highest BCUT2D eigenvalue weighted by Crippen LogP contribution is 2.31. The molecule has 0 aliphatic heterocycles. The van der Waals surface area contributed by atoms with Gasteiger partial charge in [-0.1, -0.05) is 6.07 Å². The number of nitrogens with zero attached hydrogens (tertiary/aromatic N) is 3. The van der Waals surface area contributed by atoms with Gasteiger partial charge in [-0.05, 0) is 49.7 Å². The van der Waals surface area contributed by atoms with Gasteiger partial charge in [-0.2, -0.15) is 5.10 Å². The van der Waals surface area contributed by atoms with Crippen LogP contribution in [-0.2, 0) is 26.9 Å². The van der Waals surface area contributed by atoms with Crippen LogP contribution in [0.15, 0.2) is 53.7 Å². The van der Waals surface area contributed by atoms with Crippen LogP contribution >= 0.6 is 0 Å². The van der Waals surface area contributed by atoms with Crippen molar-refractivity contribution in [3.63, 3.8) is 0 Å². The van der Waals surface area contributed by atoms with Crippen molar-refractivity contribution in [1.29, 1.82) is 0 Å². The summed E-state index contributed by atoms with van der Waals surface area (Å²) >= 11 is 0. The van der Waals surface area contributed by atoms with Crippen molar-refractivity contribution in [3.05, 3.63) is 65.6 Å². The van der Waals surface area contributed by atoms with Crippen molar-refractivity contribution < 1.29 is 27.4 Å². The van der Waals surface area contributed by atoms with Gasteiger partial charge < -0.3 is 14.2 Å². The first-order valence-electron chi connectivity index (χ1n) is 9.93. The molecule has 0 fully saturated rings. The van der Waals surface area contributed by atoms with E-state index in [9.17, 15) is 13.2 Å². The quantitative estimate of drug-likeness (QED) is 0.502. The molecule has 0 bridgehead atoms. The maximum Gasteiger partial charge on any atom is 0.283 e. The van der Waals surface area contributed by atoms with Crippen molar-refractivity contribution in [2.45, 2.75) is 30.9 Å². The minimum atomic E-state index is -4.29. The molecule has 3 rings (SSSR count). The van der Waals surface area contributed by atoms with E-state index in [0.717, 1.165) is 0 Å². The molecule has 33 heavy (non-hydrogen) atoms. The number of nitrogens with one attached hydrogen (secondary N) is 1. The number of sulfonamides is 1. The fourth-order valence-corrected chi connectivity index (χ4v) is 4.23. The molecule has 11 heteroatoms. The molecule has 1 N–H and O–H groups in total. The molecule has 176 valence electrons. The smallest absolute Gasteiger partial charge is 0.283 e. The standard InChI is InChI=1S/C22H26N4O6S/c1-22(2,32-5)16-8-10-18(30-3)19(13-16)33(28,29)25-20(27)17-9-7-15(21(24-17)31-4)14-26-12-6-11-23-26/h6-13H,14H2,1-5H3,(H,25,27). The Kier molecular flexibility index (Phi) is 7.04. The summed E-state index contributed by atoms with van der Waals surface area (Å²) in [5.74, 6) is -0.625. The number of hydrogen-bond acceptors (Lipinski definition) is 8. The Bertz CT molecular complexity index is 1240. The number of amides is 1. The van der Waals surface area contributed by atoms with Crippen LogP contribution in [0.2, 0.25) is 0 Å². The summed E-state index contributed by atoms with van der Waals surface area (Å²) < 4.78 is 45.8. The average molecular weight is 475 g/mol. The van der Waals surface area contributed by atoms with Gasteiger partial charge in [0.1, 0.15) is 16.3 Å². The molecule has 0 aliphatic carbocycles. The zero-order valence-corrected chi connectivity index (χ0v) is 19.8. The van der Waals surface area contributed by atoms with Crippen LogP contribution in [0.1, 0.15) is 35.5 Å². The molecule has 0 unspecified atom stereocenters. The third kappa shape index (κ3) is 5.32. The zero-order valence-electron chi connectivity index (χ0n) is 19.0. The SMILES string of the molecule is COc1ccc(C(C)(C)OC)cc1S(=O)(=O)NC(=O)c1ccc(Cn2cccn2)c(OC)n1. The topological polar surface area (TPSA) is 122 Å². The predicted octanol–water partition coefficient (Wildman–Crippen LogP) is 2.34. The summed E-state index contributed by atoms with van der Waals surface area (Å²) in [6, 6.07) is 9.47. The molecule has 0 spiro atoms. The van der Waals surface area contributed by atoms with Crippen LogP contribution in [0, 0.1) is 0 Å². The Balaban J connectivity index is 1.90. The van der Waals surface area contributed by atoms with E-state index < -0.39 is 21.5 Å². The second kappa shape index (κ2) is 9.59. The monoisotopic (exact) mass is 474 g/mol. The number of benzene rings is 1. The van der Waals surface area contributed by atoms with Crippen LogP contribution in [0.25, 0.3) is 0 Å². The average Bonchev–Trinajstić information content (AvgIpc) is 3.31. The van der Waals surface area contributed by atoms with Crippen molar-refractivity contribution >= 4 is 15.9 Å². The number of aromatic nitrogens is 3. The van der Waals surface area contributed by atoms with Gasteiger partial charge in [0.2, 0.25) is 5.88 Å². The lowest BCUT2D eigenvalue weighted by atomic mass is 9.98. The molecule has 0 saturated heterocycles. The van der Waals surface area contributed by atoms with E-state index in [2.05, 4.69) is 14.8 Å². The highest BCUT2D eigenvalue weighted by Gasteiger charge is 2.28. The van der Waals surface area contributed by atoms with Crippen LogP contribution in [0.3, 0.4) is 0 Å². The van der Waals surface area contributed by atoms with E-state index in [1.807, 2.05) is 0 Å². The fourth-order valence-electron chi connectivity index (χ4n) is 3.07. The lowest BCUT2D eigenvalue weighted by molar-refractivity contribution is 0.0190. The van der Waals surface area contributed by atoms with Gasteiger partial charge in [0, 0.05) is 25.1 Å². The number of hydrogen-bond donors (Lipinski definition) is 1. The van der Waals surface area contributed by atoms with Crippen molar-refractivity contribution in [2.24, 2.45) is 0 Å². The van der Waals surface area contributed by atoms with E-state index >= 15 is 0 Å². The summed E-state index contributed by atoms with van der Waals surface area (Å²) in [6.45, 7) is 3.97. The lowest BCUT2D eigenvalue weighted by Gasteiger charge is -2.24. The lowest BCUT2D eigenvalue weighted by Crippen LogP contribution is -2.32. The predicted molar refractivity (Wildman–Crippen MR) is 120 cm³/mol. The Morgan fingerprint density at radius 2 is 1.88 bits per heavy atom. The Hall–Kier alpha value is -3.44. The van der Waals surface area contributed by atoms with Crippen LogP contribution in [0.4, 0.5) is 0 Å². The molecule has 0 radical (unpaired) electrons. The molecule has 0 atom stereocenters. The second-order valence-electron chi connectivity index (χ2n) is 7.58. The van der Waals surface area contributed by atoms with Gasteiger partial charge in [-0.15, -0.1) is 0 Å². The number of carbonyl (C=O) groups is 1. The molecule has 3 aromatic rings.